The second-order valence-electron chi connectivity index (χ2n) is 4.56. The predicted octanol–water partition coefficient (Wildman–Crippen LogP) is 2.62. The van der Waals surface area contributed by atoms with Crippen LogP contribution < -0.4 is 0 Å². The largest absolute Gasteiger partial charge is 0.394 e. The van der Waals surface area contributed by atoms with E-state index in [0.29, 0.717) is 25.7 Å². The molecule has 0 aliphatic carbocycles. The molecule has 0 aliphatic rings. The molecule has 0 saturated carbocycles. The Balaban J connectivity index is 3.92. The minimum Gasteiger partial charge on any atom is -0.394 e. The summed E-state index contributed by atoms with van der Waals surface area (Å²) >= 11 is 0. The Morgan fingerprint density at radius 2 is 1.88 bits per heavy atom. The molecule has 0 aromatic heterocycles. The van der Waals surface area contributed by atoms with Crippen LogP contribution in [-0.4, -0.2) is 37.1 Å². The molecule has 2 atom stereocenters. The number of ether oxygens (including phenoxy) is 2. The lowest BCUT2D eigenvalue weighted by Gasteiger charge is -2.35. The summed E-state index contributed by atoms with van der Waals surface area (Å²) in [5, 5.41) is 8.57. The summed E-state index contributed by atoms with van der Waals surface area (Å²) < 4.78 is 11.2. The fourth-order valence-corrected chi connectivity index (χ4v) is 1.89. The lowest BCUT2D eigenvalue weighted by Crippen LogP contribution is -2.37. The van der Waals surface area contributed by atoms with Crippen LogP contribution in [0.5, 0.6) is 0 Å². The zero-order valence-corrected chi connectivity index (χ0v) is 11.3. The fraction of sp³-hybridized carbons (Fsp3) is 1.00. The topological polar surface area (TPSA) is 38.7 Å². The van der Waals surface area contributed by atoms with Crippen molar-refractivity contribution in [2.45, 2.75) is 52.6 Å². The molecule has 16 heavy (non-hydrogen) atoms. The number of rotatable bonds is 10. The molecule has 0 bridgehead atoms. The average Bonchev–Trinajstić information content (AvgIpc) is 2.28. The van der Waals surface area contributed by atoms with Crippen molar-refractivity contribution in [1.82, 2.24) is 0 Å². The van der Waals surface area contributed by atoms with Crippen molar-refractivity contribution in [3.8, 4) is 0 Å². The van der Waals surface area contributed by atoms with Gasteiger partial charge in [-0.1, -0.05) is 33.6 Å². The van der Waals surface area contributed by atoms with Gasteiger partial charge in [-0.25, -0.2) is 0 Å². The summed E-state index contributed by atoms with van der Waals surface area (Å²) in [6.45, 7) is 10.5. The summed E-state index contributed by atoms with van der Waals surface area (Å²) in [5.74, 6) is 0.560. The van der Waals surface area contributed by atoms with Crippen molar-refractivity contribution in [1.29, 1.82) is 0 Å². The van der Waals surface area contributed by atoms with Crippen LogP contribution in [0.2, 0.25) is 0 Å². The smallest absolute Gasteiger partial charge is 0.0708 e. The van der Waals surface area contributed by atoms with Gasteiger partial charge in [-0.2, -0.15) is 0 Å². The van der Waals surface area contributed by atoms with Crippen molar-refractivity contribution in [2.24, 2.45) is 5.92 Å². The zero-order valence-electron chi connectivity index (χ0n) is 11.3. The van der Waals surface area contributed by atoms with Crippen LogP contribution in [0.1, 0.15) is 47.0 Å². The van der Waals surface area contributed by atoms with E-state index in [4.69, 9.17) is 14.6 Å². The van der Waals surface area contributed by atoms with Crippen LogP contribution in [-0.2, 0) is 9.47 Å². The molecule has 0 saturated heterocycles. The lowest BCUT2D eigenvalue weighted by molar-refractivity contribution is -0.0943. The molecular formula is C13H28O3. The molecule has 3 nitrogen and oxygen atoms in total. The minimum atomic E-state index is -0.0356. The second-order valence-corrected chi connectivity index (χ2v) is 4.56. The van der Waals surface area contributed by atoms with E-state index in [1.807, 2.05) is 0 Å². The van der Waals surface area contributed by atoms with Gasteiger partial charge in [0.2, 0.25) is 0 Å². The van der Waals surface area contributed by atoms with Gasteiger partial charge in [0.25, 0.3) is 0 Å². The van der Waals surface area contributed by atoms with Gasteiger partial charge in [0.15, 0.2) is 0 Å². The van der Waals surface area contributed by atoms with Gasteiger partial charge in [-0.05, 0) is 19.3 Å². The first-order chi connectivity index (χ1) is 7.60. The van der Waals surface area contributed by atoms with E-state index in [1.54, 1.807) is 0 Å². The average molecular weight is 232 g/mol. The first kappa shape index (κ1) is 15.9. The Hall–Kier alpha value is -0.120. The van der Waals surface area contributed by atoms with Crippen molar-refractivity contribution in [3.05, 3.63) is 0 Å². The molecule has 0 heterocycles. The lowest BCUT2D eigenvalue weighted by atomic mass is 9.85. The van der Waals surface area contributed by atoms with Crippen molar-refractivity contribution < 1.29 is 14.6 Å². The number of hydrogen-bond donors (Lipinski definition) is 1. The van der Waals surface area contributed by atoms with E-state index >= 15 is 0 Å². The molecule has 1 N–H and O–H groups in total. The maximum atomic E-state index is 8.57. The maximum Gasteiger partial charge on any atom is 0.0708 e. The number of aliphatic hydroxyl groups excluding tert-OH is 1. The monoisotopic (exact) mass is 232 g/mol. The first-order valence-corrected chi connectivity index (χ1v) is 6.43. The van der Waals surface area contributed by atoms with Crippen LogP contribution in [0, 0.1) is 5.92 Å². The highest BCUT2D eigenvalue weighted by atomic mass is 16.5. The van der Waals surface area contributed by atoms with Crippen LogP contribution in [0.25, 0.3) is 0 Å². The van der Waals surface area contributed by atoms with Crippen LogP contribution in [0.15, 0.2) is 0 Å². The Morgan fingerprint density at radius 1 is 1.19 bits per heavy atom. The van der Waals surface area contributed by atoms with Gasteiger partial charge in [-0.3, -0.25) is 0 Å². The van der Waals surface area contributed by atoms with Crippen LogP contribution in [0.3, 0.4) is 0 Å². The molecule has 0 rings (SSSR count). The molecule has 3 heteroatoms. The van der Waals surface area contributed by atoms with Crippen LogP contribution >= 0.6 is 0 Å². The first-order valence-electron chi connectivity index (χ1n) is 6.43. The van der Waals surface area contributed by atoms with E-state index in [0.717, 1.165) is 19.3 Å². The third kappa shape index (κ3) is 5.83. The molecular weight excluding hydrogens is 204 g/mol. The minimum absolute atomic E-state index is 0.0356. The third-order valence-corrected chi connectivity index (χ3v) is 3.30. The molecule has 0 fully saturated rings. The normalized spacial score (nSPS) is 17.1. The summed E-state index contributed by atoms with van der Waals surface area (Å²) in [6, 6.07) is 0. The van der Waals surface area contributed by atoms with E-state index in [2.05, 4.69) is 27.7 Å². The standard InChI is InChI=1S/C13H28O3/c1-5-7-13(4,12(3)6-2)16-11-10-15-9-8-14/h12,14H,5-11H2,1-4H3. The molecule has 0 aliphatic heterocycles. The quantitative estimate of drug-likeness (QED) is 0.588. The summed E-state index contributed by atoms with van der Waals surface area (Å²) in [7, 11) is 0. The van der Waals surface area contributed by atoms with Gasteiger partial charge in [-0.15, -0.1) is 0 Å². The van der Waals surface area contributed by atoms with Crippen LogP contribution in [0.4, 0.5) is 0 Å². The Kier molecular flexibility index (Phi) is 8.90. The summed E-state index contributed by atoms with van der Waals surface area (Å²) in [5.41, 5.74) is -0.0356. The Bertz CT molecular complexity index is 161. The van der Waals surface area contributed by atoms with E-state index in [1.165, 1.54) is 0 Å². The number of aliphatic hydroxyl groups is 1. The highest BCUT2D eigenvalue weighted by molar-refractivity contribution is 4.80. The summed E-state index contributed by atoms with van der Waals surface area (Å²) in [4.78, 5) is 0. The molecule has 2 unspecified atom stereocenters. The van der Waals surface area contributed by atoms with Gasteiger partial charge in [0.05, 0.1) is 32.0 Å². The van der Waals surface area contributed by atoms with E-state index in [9.17, 15) is 0 Å². The molecule has 98 valence electrons. The fourth-order valence-electron chi connectivity index (χ4n) is 1.89. The molecule has 0 radical (unpaired) electrons. The summed E-state index contributed by atoms with van der Waals surface area (Å²) in [6.07, 6.45) is 3.36. The van der Waals surface area contributed by atoms with Crippen molar-refractivity contribution in [3.63, 3.8) is 0 Å². The van der Waals surface area contributed by atoms with E-state index < -0.39 is 0 Å². The molecule has 0 aromatic carbocycles. The highest BCUT2D eigenvalue weighted by Crippen LogP contribution is 2.29. The molecule has 0 amide bonds. The van der Waals surface area contributed by atoms with Gasteiger partial charge in [0, 0.05) is 0 Å². The predicted molar refractivity (Wildman–Crippen MR) is 66.6 cm³/mol. The Labute approximate surface area is 100 Å². The second kappa shape index (κ2) is 8.97. The van der Waals surface area contributed by atoms with Gasteiger partial charge < -0.3 is 14.6 Å². The highest BCUT2D eigenvalue weighted by Gasteiger charge is 2.29. The SMILES string of the molecule is CCCC(C)(OCCOCCO)C(C)CC. The zero-order chi connectivity index (χ0) is 12.4. The third-order valence-electron chi connectivity index (χ3n) is 3.30. The van der Waals surface area contributed by atoms with E-state index in [-0.39, 0.29) is 12.2 Å². The van der Waals surface area contributed by atoms with Gasteiger partial charge in [0.1, 0.15) is 0 Å². The van der Waals surface area contributed by atoms with Crippen molar-refractivity contribution in [2.75, 3.05) is 26.4 Å². The molecule has 0 spiro atoms. The maximum absolute atomic E-state index is 8.57. The van der Waals surface area contributed by atoms with Gasteiger partial charge >= 0.3 is 0 Å². The Morgan fingerprint density at radius 3 is 2.38 bits per heavy atom. The number of hydrogen-bond acceptors (Lipinski definition) is 3. The molecule has 0 aromatic rings. The van der Waals surface area contributed by atoms with Crippen molar-refractivity contribution >= 4 is 0 Å².